The van der Waals surface area contributed by atoms with Crippen molar-refractivity contribution in [1.29, 1.82) is 0 Å². The summed E-state index contributed by atoms with van der Waals surface area (Å²) in [4.78, 5) is 38.7. The van der Waals surface area contributed by atoms with Crippen molar-refractivity contribution in [3.05, 3.63) is 54.4 Å². The molecule has 0 bridgehead atoms. The van der Waals surface area contributed by atoms with Gasteiger partial charge in [-0.05, 0) is 30.3 Å². The van der Waals surface area contributed by atoms with E-state index in [1.165, 1.54) is 30.3 Å². The van der Waals surface area contributed by atoms with Gasteiger partial charge in [0, 0.05) is 37.3 Å². The van der Waals surface area contributed by atoms with Crippen LogP contribution in [-0.4, -0.2) is 59.6 Å². The monoisotopic (exact) mass is 457 g/mol. The van der Waals surface area contributed by atoms with Crippen LogP contribution in [0.5, 0.6) is 5.75 Å². The van der Waals surface area contributed by atoms with Crippen LogP contribution >= 0.6 is 0 Å². The van der Waals surface area contributed by atoms with E-state index in [9.17, 15) is 22.8 Å². The second-order valence-corrected chi connectivity index (χ2v) is 7.71. The molecule has 2 aliphatic heterocycles. The van der Waals surface area contributed by atoms with Crippen molar-refractivity contribution >= 4 is 34.3 Å². The Morgan fingerprint density at radius 2 is 1.91 bits per heavy atom. The third-order valence-corrected chi connectivity index (χ3v) is 5.82. The van der Waals surface area contributed by atoms with Crippen LogP contribution in [0.3, 0.4) is 0 Å². The third-order valence-electron chi connectivity index (χ3n) is 5.82. The van der Waals surface area contributed by atoms with Crippen LogP contribution in [0.4, 0.5) is 29.5 Å². The summed E-state index contributed by atoms with van der Waals surface area (Å²) in [6.07, 6.45) is -3.16. The van der Waals surface area contributed by atoms with E-state index in [-0.39, 0.29) is 24.5 Å². The molecule has 2 aromatic heterocycles. The highest BCUT2D eigenvalue weighted by atomic mass is 19.4. The Hall–Kier alpha value is -3.89. The van der Waals surface area contributed by atoms with Gasteiger partial charge in [0.25, 0.3) is 5.91 Å². The number of pyridine rings is 2. The van der Waals surface area contributed by atoms with Crippen LogP contribution in [0.25, 0.3) is 10.9 Å². The van der Waals surface area contributed by atoms with Gasteiger partial charge >= 0.3 is 12.2 Å². The fourth-order valence-corrected chi connectivity index (χ4v) is 4.22. The molecule has 4 heterocycles. The minimum atomic E-state index is -4.55. The number of urea groups is 1. The first-order valence-corrected chi connectivity index (χ1v) is 10.1. The molecule has 0 N–H and O–H groups in total. The van der Waals surface area contributed by atoms with E-state index in [0.717, 1.165) is 11.0 Å². The number of rotatable bonds is 3. The molecule has 3 aromatic rings. The highest BCUT2D eigenvalue weighted by Gasteiger charge is 2.48. The molecular weight excluding hydrogens is 439 g/mol. The number of imide groups is 1. The zero-order chi connectivity index (χ0) is 23.3. The smallest absolute Gasteiger partial charge is 0.433 e. The Morgan fingerprint density at radius 1 is 1.09 bits per heavy atom. The van der Waals surface area contributed by atoms with Crippen LogP contribution in [0, 0.1) is 0 Å². The number of aromatic nitrogens is 2. The van der Waals surface area contributed by atoms with Crippen LogP contribution in [-0.2, 0) is 11.0 Å². The van der Waals surface area contributed by atoms with Crippen molar-refractivity contribution in [2.45, 2.75) is 12.2 Å². The normalized spacial score (nSPS) is 18.8. The van der Waals surface area contributed by atoms with Gasteiger partial charge in [0.05, 0.1) is 18.3 Å². The zero-order valence-corrected chi connectivity index (χ0v) is 17.4. The predicted molar refractivity (Wildman–Crippen MR) is 113 cm³/mol. The Bertz CT molecular complexity index is 1270. The van der Waals surface area contributed by atoms with Crippen molar-refractivity contribution in [1.82, 2.24) is 14.9 Å². The van der Waals surface area contributed by atoms with Crippen molar-refractivity contribution in [3.63, 3.8) is 0 Å². The Morgan fingerprint density at radius 3 is 2.67 bits per heavy atom. The van der Waals surface area contributed by atoms with Crippen molar-refractivity contribution in [2.24, 2.45) is 0 Å². The third kappa shape index (κ3) is 3.49. The molecule has 8 nitrogen and oxygen atoms in total. The number of amides is 3. The standard InChI is InChI=1S/C22H18F3N5O3/c1-33-14-4-2-3-13(11-14)30-20(31)17-12-28(9-10-29(17)21(30)32)19-15-5-6-18(22(23,24)25)27-16(15)7-8-26-19/h2-8,11,17H,9-10,12H2,1H3. The summed E-state index contributed by atoms with van der Waals surface area (Å²) in [5.74, 6) is 0.564. The fourth-order valence-electron chi connectivity index (χ4n) is 4.22. The molecule has 2 aliphatic rings. The number of halogens is 3. The highest BCUT2D eigenvalue weighted by Crippen LogP contribution is 2.34. The molecule has 1 atom stereocenters. The molecule has 1 unspecified atom stereocenters. The van der Waals surface area contributed by atoms with Gasteiger partial charge < -0.3 is 14.5 Å². The fraction of sp³-hybridized carbons (Fsp3) is 0.273. The van der Waals surface area contributed by atoms with E-state index in [1.54, 1.807) is 29.2 Å². The molecule has 0 spiro atoms. The van der Waals surface area contributed by atoms with E-state index in [4.69, 9.17) is 4.74 Å². The van der Waals surface area contributed by atoms with Crippen LogP contribution in [0.15, 0.2) is 48.7 Å². The summed E-state index contributed by atoms with van der Waals surface area (Å²) in [5, 5.41) is 0.445. The number of methoxy groups -OCH3 is 1. The molecule has 11 heteroatoms. The highest BCUT2D eigenvalue weighted by molar-refractivity contribution is 6.21. The maximum Gasteiger partial charge on any atom is 0.433 e. The predicted octanol–water partition coefficient (Wildman–Crippen LogP) is 3.31. The van der Waals surface area contributed by atoms with Gasteiger partial charge in [-0.15, -0.1) is 0 Å². The lowest BCUT2D eigenvalue weighted by Crippen LogP contribution is -2.53. The number of benzene rings is 1. The van der Waals surface area contributed by atoms with Crippen LogP contribution in [0.2, 0.25) is 0 Å². The maximum atomic E-state index is 13.2. The average Bonchev–Trinajstić information content (AvgIpc) is 3.07. The van der Waals surface area contributed by atoms with Gasteiger partial charge in [0.2, 0.25) is 0 Å². The van der Waals surface area contributed by atoms with Crippen LogP contribution in [0.1, 0.15) is 5.69 Å². The first kappa shape index (κ1) is 21.0. The molecule has 0 aliphatic carbocycles. The van der Waals surface area contributed by atoms with E-state index in [0.29, 0.717) is 29.2 Å². The lowest BCUT2D eigenvalue weighted by atomic mass is 10.1. The van der Waals surface area contributed by atoms with Crippen molar-refractivity contribution in [2.75, 3.05) is 36.5 Å². The number of nitrogens with zero attached hydrogens (tertiary/aromatic N) is 5. The summed E-state index contributed by atoms with van der Waals surface area (Å²) < 4.78 is 44.3. The van der Waals surface area contributed by atoms with Gasteiger partial charge in [-0.1, -0.05) is 6.07 Å². The van der Waals surface area contributed by atoms with Gasteiger partial charge in [-0.2, -0.15) is 13.2 Å². The van der Waals surface area contributed by atoms with E-state index in [2.05, 4.69) is 9.97 Å². The van der Waals surface area contributed by atoms with E-state index in [1.807, 2.05) is 0 Å². The number of carbonyl (C=O) groups is 2. The zero-order valence-electron chi connectivity index (χ0n) is 17.4. The van der Waals surface area contributed by atoms with Crippen molar-refractivity contribution in [3.8, 4) is 5.75 Å². The maximum absolute atomic E-state index is 13.2. The number of carbonyl (C=O) groups excluding carboxylic acids is 2. The summed E-state index contributed by atoms with van der Waals surface area (Å²) in [6, 6.07) is 9.19. The second-order valence-electron chi connectivity index (χ2n) is 7.71. The molecule has 1 aromatic carbocycles. The lowest BCUT2D eigenvalue weighted by Gasteiger charge is -2.36. The number of hydrogen-bond donors (Lipinski definition) is 0. The summed E-state index contributed by atoms with van der Waals surface area (Å²) in [7, 11) is 1.50. The SMILES string of the molecule is COc1cccc(N2C(=O)C3CN(c4nccc5nc(C(F)(F)F)ccc45)CCN3C2=O)c1. The number of alkyl halides is 3. The number of piperazine rings is 1. The minimum Gasteiger partial charge on any atom is -0.497 e. The lowest BCUT2D eigenvalue weighted by molar-refractivity contribution is -0.141. The van der Waals surface area contributed by atoms with E-state index < -0.39 is 23.9 Å². The minimum absolute atomic E-state index is 0.157. The van der Waals surface area contributed by atoms with Gasteiger partial charge in [-0.3, -0.25) is 4.79 Å². The summed E-state index contributed by atoms with van der Waals surface area (Å²) in [6.45, 7) is 0.800. The Balaban J connectivity index is 1.45. The molecule has 33 heavy (non-hydrogen) atoms. The quantitative estimate of drug-likeness (QED) is 0.562. The van der Waals surface area contributed by atoms with E-state index >= 15 is 0 Å². The first-order chi connectivity index (χ1) is 15.8. The molecule has 2 saturated heterocycles. The molecule has 5 rings (SSSR count). The molecule has 0 saturated carbocycles. The summed E-state index contributed by atoms with van der Waals surface area (Å²) >= 11 is 0. The van der Waals surface area contributed by atoms with Gasteiger partial charge in [0.1, 0.15) is 23.3 Å². The Kier molecular flexibility index (Phi) is 4.84. The average molecular weight is 457 g/mol. The first-order valence-electron chi connectivity index (χ1n) is 10.1. The molecule has 3 amide bonds. The summed E-state index contributed by atoms with van der Waals surface area (Å²) in [5.41, 5.74) is -0.413. The number of hydrogen-bond acceptors (Lipinski definition) is 6. The Labute approximate surface area is 186 Å². The largest absolute Gasteiger partial charge is 0.497 e. The van der Waals surface area contributed by atoms with Gasteiger partial charge in [-0.25, -0.2) is 19.7 Å². The topological polar surface area (TPSA) is 78.9 Å². The number of ether oxygens (including phenoxy) is 1. The van der Waals surface area contributed by atoms with Gasteiger partial charge in [0.15, 0.2) is 0 Å². The van der Waals surface area contributed by atoms with Crippen LogP contribution < -0.4 is 14.5 Å². The molecule has 170 valence electrons. The number of anilines is 2. The molecule has 0 radical (unpaired) electrons. The van der Waals surface area contributed by atoms with Crippen molar-refractivity contribution < 1.29 is 27.5 Å². The second kappa shape index (κ2) is 7.61. The molecular formula is C22H18F3N5O3. The molecule has 2 fully saturated rings. The number of fused-ring (bicyclic) bond motifs is 2.